The van der Waals surface area contributed by atoms with E-state index in [1.54, 1.807) is 6.08 Å². The fourth-order valence-electron chi connectivity index (χ4n) is 0.327. The molecule has 0 aliphatic carbocycles. The van der Waals surface area contributed by atoms with E-state index in [2.05, 4.69) is 0 Å². The van der Waals surface area contributed by atoms with Crippen LogP contribution in [-0.2, 0) is 24.1 Å². The van der Waals surface area contributed by atoms with Crippen LogP contribution >= 0.6 is 0 Å². The van der Waals surface area contributed by atoms with Gasteiger partial charge in [0.25, 0.3) is 0 Å². The van der Waals surface area contributed by atoms with Crippen molar-refractivity contribution in [1.29, 1.82) is 0 Å². The van der Waals surface area contributed by atoms with Crippen LogP contribution in [0.4, 0.5) is 0 Å². The third-order valence-corrected chi connectivity index (χ3v) is 1.27. The topological polar surface area (TPSA) is 17.1 Å². The molecule has 0 unspecified atom stereocenters. The first kappa shape index (κ1) is 8.71. The van der Waals surface area contributed by atoms with E-state index in [0.29, 0.717) is 12.0 Å². The van der Waals surface area contributed by atoms with E-state index in [1.807, 2.05) is 10.5 Å². The summed E-state index contributed by atoms with van der Waals surface area (Å²) in [5, 5.41) is 0. The molecule has 0 saturated heterocycles. The van der Waals surface area contributed by atoms with E-state index < -0.39 is 0 Å². The van der Waals surface area contributed by atoms with Gasteiger partial charge in [0.05, 0.1) is 0 Å². The third-order valence-electron chi connectivity index (χ3n) is 0.708. The molecule has 1 nitrogen and oxygen atoms in total. The summed E-state index contributed by atoms with van der Waals surface area (Å²) < 4.78 is 1.94. The standard InChI is InChI=1S/C7H7O.W/c1-3-4-7(2)5-6-8;/h1-4,6H,5H2;/q-1;/b4-3-;. The Labute approximate surface area is 65.9 Å². The number of allylic oxidation sites excluding steroid dienone is 3. The van der Waals surface area contributed by atoms with Gasteiger partial charge in [-0.1, -0.05) is 0 Å². The van der Waals surface area contributed by atoms with Gasteiger partial charge in [-0.2, -0.15) is 0 Å². The van der Waals surface area contributed by atoms with Crippen LogP contribution in [0.2, 0.25) is 0 Å². The quantitative estimate of drug-likeness (QED) is 0.426. The molecule has 0 rings (SSSR count). The summed E-state index contributed by atoms with van der Waals surface area (Å²) in [6.45, 7) is 5.36. The van der Waals surface area contributed by atoms with E-state index in [1.165, 1.54) is 19.4 Å². The molecule has 2 heteroatoms. The maximum atomic E-state index is 9.84. The summed E-state index contributed by atoms with van der Waals surface area (Å²) >= 11 is 1.38. The Kier molecular flexibility index (Phi) is 5.65. The van der Waals surface area contributed by atoms with E-state index >= 15 is 0 Å². The van der Waals surface area contributed by atoms with Crippen LogP contribution in [0.1, 0.15) is 6.42 Å². The minimum atomic E-state index is 0.333. The molecule has 48 valence electrons. The van der Waals surface area contributed by atoms with Crippen molar-refractivity contribution in [3.05, 3.63) is 24.3 Å². The van der Waals surface area contributed by atoms with Gasteiger partial charge >= 0.3 is 65.6 Å². The monoisotopic (exact) mass is 291 g/mol. The molecule has 0 aliphatic rings. The van der Waals surface area contributed by atoms with Gasteiger partial charge < -0.3 is 0 Å². The molecule has 0 heterocycles. The summed E-state index contributed by atoms with van der Waals surface area (Å²) in [5.41, 5.74) is 0.613. The van der Waals surface area contributed by atoms with Gasteiger partial charge in [0.15, 0.2) is 0 Å². The molecule has 0 bridgehead atoms. The van der Waals surface area contributed by atoms with Gasteiger partial charge in [-0.25, -0.2) is 0 Å². The summed E-state index contributed by atoms with van der Waals surface area (Å²) in [7, 11) is 0. The molecular formula is C7H7OW-. The average molecular weight is 291 g/mol. The zero-order valence-corrected chi connectivity index (χ0v) is 7.84. The van der Waals surface area contributed by atoms with Crippen molar-refractivity contribution in [2.75, 3.05) is 0 Å². The van der Waals surface area contributed by atoms with Crippen molar-refractivity contribution in [1.82, 2.24) is 0 Å². The zero-order chi connectivity index (χ0) is 7.11. The molecule has 0 saturated carbocycles. The third kappa shape index (κ3) is 5.58. The van der Waals surface area contributed by atoms with Gasteiger partial charge in [-0.05, 0) is 0 Å². The number of hydrogen-bond acceptors (Lipinski definition) is 1. The summed E-state index contributed by atoms with van der Waals surface area (Å²) in [5.74, 6) is 0. The van der Waals surface area contributed by atoms with Gasteiger partial charge in [-0.3, -0.25) is 0 Å². The van der Waals surface area contributed by atoms with E-state index in [0.717, 1.165) is 6.29 Å². The predicted molar refractivity (Wildman–Crippen MR) is 33.7 cm³/mol. The summed E-state index contributed by atoms with van der Waals surface area (Å²) in [4.78, 5) is 9.84. The van der Waals surface area contributed by atoms with Gasteiger partial charge in [0, 0.05) is 0 Å². The Balaban J connectivity index is 3.61. The van der Waals surface area contributed by atoms with Crippen molar-refractivity contribution in [2.45, 2.75) is 6.42 Å². The molecule has 0 N–H and O–H groups in total. The van der Waals surface area contributed by atoms with E-state index in [4.69, 9.17) is 6.58 Å². The van der Waals surface area contributed by atoms with Crippen LogP contribution in [0.15, 0.2) is 17.7 Å². The number of aldehydes is 1. The molecule has 0 aliphatic heterocycles. The fraction of sp³-hybridized carbons (Fsp3) is 0.143. The predicted octanol–water partition coefficient (Wildman–Crippen LogP) is 0.840. The first-order chi connectivity index (χ1) is 4.31. The van der Waals surface area contributed by atoms with Crippen LogP contribution in [0.3, 0.4) is 0 Å². The molecule has 0 fully saturated rings. The number of hydrogen-bond donors (Lipinski definition) is 0. The van der Waals surface area contributed by atoms with Crippen molar-refractivity contribution >= 4 is 10.7 Å². The number of carbonyl (C=O) groups excluding carboxylic acids is 1. The number of carbonyl (C=O) groups is 1. The van der Waals surface area contributed by atoms with E-state index in [9.17, 15) is 4.79 Å². The molecule has 0 spiro atoms. The Morgan fingerprint density at radius 2 is 2.33 bits per heavy atom. The van der Waals surface area contributed by atoms with Gasteiger partial charge in [0.1, 0.15) is 0 Å². The molecule has 0 aromatic rings. The van der Waals surface area contributed by atoms with Gasteiger partial charge in [0.2, 0.25) is 0 Å². The second-order valence-electron chi connectivity index (χ2n) is 1.44. The second-order valence-corrected chi connectivity index (χ2v) is 2.42. The molecule has 0 aromatic carbocycles. The van der Waals surface area contributed by atoms with Crippen molar-refractivity contribution in [3.63, 3.8) is 0 Å². The second kappa shape index (κ2) is 5.84. The number of rotatable bonds is 4. The van der Waals surface area contributed by atoms with Crippen molar-refractivity contribution in [2.24, 2.45) is 0 Å². The molecule has 0 aromatic heterocycles. The Hall–Kier alpha value is -0.292. The summed E-state index contributed by atoms with van der Waals surface area (Å²) in [6.07, 6.45) is 4.71. The minimum absolute atomic E-state index is 0.333. The molecule has 0 amide bonds. The molecular weight excluding hydrogens is 284 g/mol. The zero-order valence-electron chi connectivity index (χ0n) is 4.91. The molecule has 0 radical (unpaired) electrons. The average Bonchev–Trinajstić information content (AvgIpc) is 1.85. The van der Waals surface area contributed by atoms with Crippen LogP contribution in [0.25, 0.3) is 0 Å². The fourth-order valence-corrected chi connectivity index (χ4v) is 0.609. The Morgan fingerprint density at radius 1 is 1.67 bits per heavy atom. The van der Waals surface area contributed by atoms with Crippen LogP contribution in [0, 0.1) is 6.58 Å². The normalized spacial score (nSPS) is 9.33. The van der Waals surface area contributed by atoms with Crippen molar-refractivity contribution < 1.29 is 24.1 Å². The van der Waals surface area contributed by atoms with Crippen LogP contribution in [-0.4, -0.2) is 10.7 Å². The Bertz CT molecular complexity index is 147. The van der Waals surface area contributed by atoms with Crippen molar-refractivity contribution in [3.8, 4) is 0 Å². The van der Waals surface area contributed by atoms with Crippen LogP contribution < -0.4 is 0 Å². The van der Waals surface area contributed by atoms with E-state index in [-0.39, 0.29) is 0 Å². The first-order valence-electron chi connectivity index (χ1n) is 2.48. The first-order valence-corrected chi connectivity index (χ1v) is 4.17. The SMILES string of the molecule is [CH-]=C(/C=C\[CH]=[W])CC=O. The molecule has 0 atom stereocenters. The Morgan fingerprint density at radius 3 is 2.78 bits per heavy atom. The van der Waals surface area contributed by atoms with Gasteiger partial charge in [-0.15, -0.1) is 0 Å². The molecule has 9 heavy (non-hydrogen) atoms. The summed E-state index contributed by atoms with van der Waals surface area (Å²) in [6, 6.07) is 0. The van der Waals surface area contributed by atoms with Crippen LogP contribution in [0.5, 0.6) is 0 Å². The maximum absolute atomic E-state index is 9.84.